The number of ketones is 1. The zero-order valence-corrected chi connectivity index (χ0v) is 12.5. The third-order valence-electron chi connectivity index (χ3n) is 4.37. The summed E-state index contributed by atoms with van der Waals surface area (Å²) in [6.07, 6.45) is 3.74. The van der Waals surface area contributed by atoms with Crippen molar-refractivity contribution < 1.29 is 4.79 Å². The number of carbonyl (C=O) groups is 1. The maximum atomic E-state index is 12.8. The number of fused-ring (bicyclic) bond motifs is 3. The van der Waals surface area contributed by atoms with E-state index in [1.54, 1.807) is 0 Å². The van der Waals surface area contributed by atoms with E-state index in [9.17, 15) is 4.79 Å². The number of aromatic nitrogens is 1. The van der Waals surface area contributed by atoms with E-state index in [0.29, 0.717) is 0 Å². The van der Waals surface area contributed by atoms with Crippen LogP contribution in [0.25, 0.3) is 17.0 Å². The summed E-state index contributed by atoms with van der Waals surface area (Å²) in [5.41, 5.74) is 6.19. The van der Waals surface area contributed by atoms with Gasteiger partial charge >= 0.3 is 0 Å². The average Bonchev–Trinajstić information content (AvgIpc) is 2.89. The van der Waals surface area contributed by atoms with E-state index in [1.165, 1.54) is 16.5 Å². The van der Waals surface area contributed by atoms with Gasteiger partial charge in [0.15, 0.2) is 0 Å². The molecule has 1 aliphatic rings. The summed E-state index contributed by atoms with van der Waals surface area (Å²) in [6, 6.07) is 16.4. The number of benzene rings is 2. The topological polar surface area (TPSA) is 32.9 Å². The average molecular weight is 287 g/mol. The molecule has 2 heteroatoms. The Kier molecular flexibility index (Phi) is 2.97. The van der Waals surface area contributed by atoms with Gasteiger partial charge in [-0.25, -0.2) is 0 Å². The van der Waals surface area contributed by atoms with Crippen LogP contribution in [0.3, 0.4) is 0 Å². The number of nitrogens with one attached hydrogen (secondary N) is 1. The van der Waals surface area contributed by atoms with Crippen molar-refractivity contribution in [2.45, 2.75) is 19.8 Å². The van der Waals surface area contributed by atoms with Gasteiger partial charge in [-0.2, -0.15) is 0 Å². The SMILES string of the molecule is Cc1ccc2c3c([nH]c2c1)C(=O)/C(=C\c1ccccc1)CC3. The minimum absolute atomic E-state index is 0.138. The summed E-state index contributed by atoms with van der Waals surface area (Å²) in [5.74, 6) is 0.138. The number of H-pyrrole nitrogens is 1. The molecule has 0 spiro atoms. The lowest BCUT2D eigenvalue weighted by atomic mass is 9.89. The quantitative estimate of drug-likeness (QED) is 0.647. The monoisotopic (exact) mass is 287 g/mol. The summed E-state index contributed by atoms with van der Waals surface area (Å²) < 4.78 is 0. The number of aromatic amines is 1. The molecule has 22 heavy (non-hydrogen) atoms. The Balaban J connectivity index is 1.80. The molecule has 0 bridgehead atoms. The number of aryl methyl sites for hydroxylation is 2. The number of hydrogen-bond acceptors (Lipinski definition) is 1. The highest BCUT2D eigenvalue weighted by Crippen LogP contribution is 2.32. The van der Waals surface area contributed by atoms with Gasteiger partial charge in [0.25, 0.3) is 0 Å². The van der Waals surface area contributed by atoms with Crippen molar-refractivity contribution in [3.8, 4) is 0 Å². The van der Waals surface area contributed by atoms with Gasteiger partial charge in [-0.3, -0.25) is 4.79 Å². The Morgan fingerprint density at radius 3 is 2.68 bits per heavy atom. The highest BCUT2D eigenvalue weighted by Gasteiger charge is 2.25. The van der Waals surface area contributed by atoms with Crippen molar-refractivity contribution in [3.63, 3.8) is 0 Å². The summed E-state index contributed by atoms with van der Waals surface area (Å²) in [5, 5.41) is 1.19. The van der Waals surface area contributed by atoms with Gasteiger partial charge in [0, 0.05) is 16.5 Å². The molecule has 3 aromatic rings. The molecule has 108 valence electrons. The lowest BCUT2D eigenvalue weighted by Crippen LogP contribution is -2.13. The molecule has 1 N–H and O–H groups in total. The van der Waals surface area contributed by atoms with E-state index in [1.807, 2.05) is 36.4 Å². The molecule has 0 saturated heterocycles. The van der Waals surface area contributed by atoms with Crippen LogP contribution in [0.15, 0.2) is 54.1 Å². The van der Waals surface area contributed by atoms with Crippen LogP contribution in [-0.2, 0) is 6.42 Å². The van der Waals surface area contributed by atoms with Crippen LogP contribution in [0, 0.1) is 6.92 Å². The van der Waals surface area contributed by atoms with Crippen molar-refractivity contribution in [2.75, 3.05) is 0 Å². The zero-order valence-electron chi connectivity index (χ0n) is 12.5. The largest absolute Gasteiger partial charge is 0.352 e. The minimum atomic E-state index is 0.138. The third kappa shape index (κ3) is 2.08. The highest BCUT2D eigenvalue weighted by atomic mass is 16.1. The maximum absolute atomic E-state index is 12.8. The van der Waals surface area contributed by atoms with Crippen LogP contribution < -0.4 is 0 Å². The molecule has 0 atom stereocenters. The molecule has 1 heterocycles. The second kappa shape index (κ2) is 4.99. The van der Waals surface area contributed by atoms with Crippen molar-refractivity contribution in [1.29, 1.82) is 0 Å². The Bertz CT molecular complexity index is 900. The number of Topliss-reactive ketones (excluding diaryl/α,β-unsaturated/α-hetero) is 1. The summed E-state index contributed by atoms with van der Waals surface area (Å²) >= 11 is 0. The first-order valence-electron chi connectivity index (χ1n) is 7.64. The first kappa shape index (κ1) is 13.1. The lowest BCUT2D eigenvalue weighted by molar-refractivity contribution is 0.102. The van der Waals surface area contributed by atoms with E-state index in [2.05, 4.69) is 30.1 Å². The normalized spacial score (nSPS) is 16.2. The van der Waals surface area contributed by atoms with Crippen molar-refractivity contribution in [3.05, 3.63) is 76.5 Å². The number of hydrogen-bond donors (Lipinski definition) is 1. The summed E-state index contributed by atoms with van der Waals surface area (Å²) in [6.45, 7) is 2.07. The molecular formula is C20H17NO. The van der Waals surface area contributed by atoms with Gasteiger partial charge in [-0.05, 0) is 48.6 Å². The van der Waals surface area contributed by atoms with Gasteiger partial charge in [-0.1, -0.05) is 42.5 Å². The minimum Gasteiger partial charge on any atom is -0.352 e. The van der Waals surface area contributed by atoms with E-state index < -0.39 is 0 Å². The molecule has 0 fully saturated rings. The van der Waals surface area contributed by atoms with Crippen LogP contribution in [0.2, 0.25) is 0 Å². The molecule has 0 radical (unpaired) electrons. The fourth-order valence-corrected chi connectivity index (χ4v) is 3.24. The van der Waals surface area contributed by atoms with Crippen LogP contribution in [0.5, 0.6) is 0 Å². The van der Waals surface area contributed by atoms with Gasteiger partial charge in [0.1, 0.15) is 0 Å². The van der Waals surface area contributed by atoms with E-state index in [0.717, 1.165) is 35.2 Å². The standard InChI is InChI=1S/C20H17NO/c1-13-7-9-16-17-10-8-15(12-14-5-3-2-4-6-14)20(22)19(17)21-18(16)11-13/h2-7,9,11-12,21H,8,10H2,1H3/b15-12-. The Morgan fingerprint density at radius 1 is 1.05 bits per heavy atom. The zero-order chi connectivity index (χ0) is 15.1. The molecule has 1 aromatic heterocycles. The predicted octanol–water partition coefficient (Wildman–Crippen LogP) is 4.69. The van der Waals surface area contributed by atoms with Gasteiger partial charge in [0.05, 0.1) is 5.69 Å². The molecular weight excluding hydrogens is 270 g/mol. The van der Waals surface area contributed by atoms with Gasteiger partial charge in [0.2, 0.25) is 5.78 Å². The van der Waals surface area contributed by atoms with E-state index in [-0.39, 0.29) is 5.78 Å². The summed E-state index contributed by atoms with van der Waals surface area (Å²) in [4.78, 5) is 16.1. The predicted molar refractivity (Wildman–Crippen MR) is 90.1 cm³/mol. The van der Waals surface area contributed by atoms with Gasteiger partial charge < -0.3 is 4.98 Å². The molecule has 0 saturated carbocycles. The first-order chi connectivity index (χ1) is 10.7. The number of rotatable bonds is 1. The molecule has 2 nitrogen and oxygen atoms in total. The molecule has 1 aliphatic carbocycles. The number of carbonyl (C=O) groups excluding carboxylic acids is 1. The highest BCUT2D eigenvalue weighted by molar-refractivity contribution is 6.15. The molecule has 0 aliphatic heterocycles. The smallest absolute Gasteiger partial charge is 0.205 e. The fraction of sp³-hybridized carbons (Fsp3) is 0.150. The molecule has 2 aromatic carbocycles. The molecule has 4 rings (SSSR count). The summed E-state index contributed by atoms with van der Waals surface area (Å²) in [7, 11) is 0. The second-order valence-corrected chi connectivity index (χ2v) is 5.94. The lowest BCUT2D eigenvalue weighted by Gasteiger charge is -2.14. The van der Waals surface area contributed by atoms with Gasteiger partial charge in [-0.15, -0.1) is 0 Å². The van der Waals surface area contributed by atoms with Crippen molar-refractivity contribution in [2.24, 2.45) is 0 Å². The van der Waals surface area contributed by atoms with Crippen molar-refractivity contribution >= 4 is 22.8 Å². The fourth-order valence-electron chi connectivity index (χ4n) is 3.24. The van der Waals surface area contributed by atoms with Crippen LogP contribution in [0.1, 0.15) is 33.6 Å². The Hall–Kier alpha value is -2.61. The Labute approximate surface area is 129 Å². The van der Waals surface area contributed by atoms with Crippen LogP contribution >= 0.6 is 0 Å². The number of allylic oxidation sites excluding steroid dienone is 1. The maximum Gasteiger partial charge on any atom is 0.205 e. The molecule has 0 amide bonds. The Morgan fingerprint density at radius 2 is 1.86 bits per heavy atom. The van der Waals surface area contributed by atoms with Crippen LogP contribution in [-0.4, -0.2) is 10.8 Å². The molecule has 0 unspecified atom stereocenters. The van der Waals surface area contributed by atoms with Crippen LogP contribution in [0.4, 0.5) is 0 Å². The second-order valence-electron chi connectivity index (χ2n) is 5.94. The van der Waals surface area contributed by atoms with E-state index >= 15 is 0 Å². The third-order valence-corrected chi connectivity index (χ3v) is 4.37. The van der Waals surface area contributed by atoms with Crippen molar-refractivity contribution in [1.82, 2.24) is 4.98 Å². The first-order valence-corrected chi connectivity index (χ1v) is 7.64. The van der Waals surface area contributed by atoms with E-state index in [4.69, 9.17) is 0 Å².